The Hall–Kier alpha value is -1.26. The number of urea groups is 1. The van der Waals surface area contributed by atoms with Gasteiger partial charge in [-0.2, -0.15) is 0 Å². The summed E-state index contributed by atoms with van der Waals surface area (Å²) in [4.78, 5) is 22.7. The van der Waals surface area contributed by atoms with Crippen LogP contribution in [0.4, 0.5) is 4.79 Å². The third kappa shape index (κ3) is 9.32. The van der Waals surface area contributed by atoms with Gasteiger partial charge in [-0.05, 0) is 29.6 Å². The Morgan fingerprint density at radius 2 is 1.67 bits per heavy atom. The monoisotopic (exact) mass is 300 g/mol. The highest BCUT2D eigenvalue weighted by Gasteiger charge is 2.23. The smallest absolute Gasteiger partial charge is 0.314 e. The van der Waals surface area contributed by atoms with E-state index in [-0.39, 0.29) is 23.8 Å². The standard InChI is InChI=1S/C16H32N2O3/c1-11(2)7-13(8-14(19)20)9-17-15(21)18-10-16(5,6)12(3)4/h11-13H,7-10H2,1-6H3,(H,19,20)(H2,17,18,21)/t13-/m0/s1. The highest BCUT2D eigenvalue weighted by atomic mass is 16.4. The predicted octanol–water partition coefficient (Wildman–Crippen LogP) is 3.10. The van der Waals surface area contributed by atoms with Crippen LogP contribution in [0.25, 0.3) is 0 Å². The minimum atomic E-state index is -0.816. The zero-order chi connectivity index (χ0) is 16.6. The summed E-state index contributed by atoms with van der Waals surface area (Å²) in [5, 5.41) is 14.6. The molecule has 0 aromatic carbocycles. The molecule has 5 nitrogen and oxygen atoms in total. The Balaban J connectivity index is 4.21. The average molecular weight is 300 g/mol. The van der Waals surface area contributed by atoms with Crippen molar-refractivity contribution in [2.75, 3.05) is 13.1 Å². The first kappa shape index (κ1) is 19.7. The van der Waals surface area contributed by atoms with E-state index in [0.717, 1.165) is 6.42 Å². The molecule has 0 bridgehead atoms. The molecule has 0 aliphatic rings. The van der Waals surface area contributed by atoms with Gasteiger partial charge < -0.3 is 15.7 Å². The van der Waals surface area contributed by atoms with Crippen molar-refractivity contribution in [1.82, 2.24) is 10.6 Å². The average Bonchev–Trinajstić information content (AvgIpc) is 2.32. The van der Waals surface area contributed by atoms with Crippen molar-refractivity contribution in [1.29, 1.82) is 0 Å². The molecule has 0 radical (unpaired) electrons. The van der Waals surface area contributed by atoms with E-state index in [1.165, 1.54) is 0 Å². The second kappa shape index (κ2) is 8.90. The van der Waals surface area contributed by atoms with Gasteiger partial charge in [0.2, 0.25) is 0 Å². The number of rotatable bonds is 9. The second-order valence-electron chi connectivity index (χ2n) is 7.30. The largest absolute Gasteiger partial charge is 0.481 e. The number of aliphatic carboxylic acids is 1. The molecule has 3 N–H and O–H groups in total. The molecule has 0 rings (SSSR count). The fourth-order valence-electron chi connectivity index (χ4n) is 1.96. The first-order chi connectivity index (χ1) is 9.54. The van der Waals surface area contributed by atoms with Crippen molar-refractivity contribution in [3.63, 3.8) is 0 Å². The number of carbonyl (C=O) groups excluding carboxylic acids is 1. The van der Waals surface area contributed by atoms with Gasteiger partial charge in [0.25, 0.3) is 0 Å². The van der Waals surface area contributed by atoms with Gasteiger partial charge in [-0.1, -0.05) is 41.5 Å². The maximum absolute atomic E-state index is 11.8. The molecule has 0 saturated carbocycles. The summed E-state index contributed by atoms with van der Waals surface area (Å²) in [5.41, 5.74) is 0.0374. The van der Waals surface area contributed by atoms with E-state index in [1.807, 2.05) is 0 Å². The SMILES string of the molecule is CC(C)C[C@H](CNC(=O)NCC(C)(C)C(C)C)CC(=O)O. The highest BCUT2D eigenvalue weighted by molar-refractivity contribution is 5.74. The van der Waals surface area contributed by atoms with Crippen molar-refractivity contribution in [2.45, 2.75) is 54.4 Å². The fourth-order valence-corrected chi connectivity index (χ4v) is 1.96. The first-order valence-electron chi connectivity index (χ1n) is 7.78. The first-order valence-corrected chi connectivity index (χ1v) is 7.78. The molecular formula is C16H32N2O3. The molecular weight excluding hydrogens is 268 g/mol. The second-order valence-corrected chi connectivity index (χ2v) is 7.30. The van der Waals surface area contributed by atoms with Crippen LogP contribution in [0, 0.1) is 23.2 Å². The summed E-state index contributed by atoms with van der Waals surface area (Å²) in [6.45, 7) is 13.6. The summed E-state index contributed by atoms with van der Waals surface area (Å²) in [5.74, 6) is 0.0488. The third-order valence-electron chi connectivity index (χ3n) is 4.09. The molecule has 0 aromatic heterocycles. The molecule has 1 atom stereocenters. The molecule has 124 valence electrons. The minimum absolute atomic E-state index is 0.0219. The molecule has 0 unspecified atom stereocenters. The van der Waals surface area contributed by atoms with Gasteiger partial charge in [0, 0.05) is 19.5 Å². The quantitative estimate of drug-likeness (QED) is 0.612. The fraction of sp³-hybridized carbons (Fsp3) is 0.875. The molecule has 5 heteroatoms. The van der Waals surface area contributed by atoms with E-state index in [1.54, 1.807) is 0 Å². The lowest BCUT2D eigenvalue weighted by Crippen LogP contribution is -2.44. The van der Waals surface area contributed by atoms with E-state index in [0.29, 0.717) is 24.9 Å². The molecule has 0 aliphatic heterocycles. The van der Waals surface area contributed by atoms with Crippen LogP contribution in [-0.2, 0) is 4.79 Å². The van der Waals surface area contributed by atoms with Crippen LogP contribution in [0.1, 0.15) is 54.4 Å². The lowest BCUT2D eigenvalue weighted by atomic mass is 9.81. The lowest BCUT2D eigenvalue weighted by molar-refractivity contribution is -0.138. The zero-order valence-electron chi connectivity index (χ0n) is 14.3. The molecule has 0 heterocycles. The number of amides is 2. The summed E-state index contributed by atoms with van der Waals surface area (Å²) >= 11 is 0. The van der Waals surface area contributed by atoms with Crippen LogP contribution in [0.3, 0.4) is 0 Å². The predicted molar refractivity (Wildman–Crippen MR) is 85.2 cm³/mol. The maximum atomic E-state index is 11.8. The van der Waals surface area contributed by atoms with E-state index in [4.69, 9.17) is 5.11 Å². The highest BCUT2D eigenvalue weighted by Crippen LogP contribution is 2.24. The molecule has 21 heavy (non-hydrogen) atoms. The minimum Gasteiger partial charge on any atom is -0.481 e. The van der Waals surface area contributed by atoms with Crippen molar-refractivity contribution in [3.8, 4) is 0 Å². The van der Waals surface area contributed by atoms with Crippen LogP contribution in [0.2, 0.25) is 0 Å². The van der Waals surface area contributed by atoms with Gasteiger partial charge >= 0.3 is 12.0 Å². The number of nitrogens with one attached hydrogen (secondary N) is 2. The summed E-state index contributed by atoms with van der Waals surface area (Å²) in [7, 11) is 0. The number of carboxylic acids is 1. The van der Waals surface area contributed by atoms with Gasteiger partial charge in [0.15, 0.2) is 0 Å². The van der Waals surface area contributed by atoms with Gasteiger partial charge in [-0.15, -0.1) is 0 Å². The van der Waals surface area contributed by atoms with Crippen LogP contribution < -0.4 is 10.6 Å². The topological polar surface area (TPSA) is 78.4 Å². The molecule has 0 aliphatic carbocycles. The van der Waals surface area contributed by atoms with Crippen LogP contribution >= 0.6 is 0 Å². The van der Waals surface area contributed by atoms with E-state index < -0.39 is 5.97 Å². The van der Waals surface area contributed by atoms with Crippen molar-refractivity contribution >= 4 is 12.0 Å². The number of carbonyl (C=O) groups is 2. The lowest BCUT2D eigenvalue weighted by Gasteiger charge is -2.29. The molecule has 2 amide bonds. The Kier molecular flexibility index (Phi) is 8.37. The number of hydrogen-bond donors (Lipinski definition) is 3. The van der Waals surface area contributed by atoms with E-state index >= 15 is 0 Å². The number of hydrogen-bond acceptors (Lipinski definition) is 2. The molecule has 0 saturated heterocycles. The Morgan fingerprint density at radius 1 is 1.10 bits per heavy atom. The zero-order valence-corrected chi connectivity index (χ0v) is 14.3. The Morgan fingerprint density at radius 3 is 2.10 bits per heavy atom. The maximum Gasteiger partial charge on any atom is 0.314 e. The van der Waals surface area contributed by atoms with Crippen molar-refractivity contribution in [3.05, 3.63) is 0 Å². The van der Waals surface area contributed by atoms with Gasteiger partial charge in [-0.3, -0.25) is 4.79 Å². The van der Waals surface area contributed by atoms with Crippen LogP contribution in [0.5, 0.6) is 0 Å². The van der Waals surface area contributed by atoms with E-state index in [2.05, 4.69) is 52.2 Å². The van der Waals surface area contributed by atoms with Crippen molar-refractivity contribution in [2.24, 2.45) is 23.2 Å². The van der Waals surface area contributed by atoms with Gasteiger partial charge in [0.05, 0.1) is 0 Å². The Labute approximate surface area is 128 Å². The molecule has 0 spiro atoms. The van der Waals surface area contributed by atoms with Gasteiger partial charge in [0.1, 0.15) is 0 Å². The summed E-state index contributed by atoms with van der Waals surface area (Å²) in [6.07, 6.45) is 0.889. The van der Waals surface area contributed by atoms with Crippen LogP contribution in [0.15, 0.2) is 0 Å². The normalized spacial score (nSPS) is 13.3. The Bertz CT molecular complexity index is 338. The summed E-state index contributed by atoms with van der Waals surface area (Å²) in [6, 6.07) is -0.220. The van der Waals surface area contributed by atoms with Crippen LogP contribution in [-0.4, -0.2) is 30.2 Å². The summed E-state index contributed by atoms with van der Waals surface area (Å²) < 4.78 is 0. The third-order valence-corrected chi connectivity index (χ3v) is 4.09. The van der Waals surface area contributed by atoms with E-state index in [9.17, 15) is 9.59 Å². The molecule has 0 aromatic rings. The van der Waals surface area contributed by atoms with Gasteiger partial charge in [-0.25, -0.2) is 4.79 Å². The van der Waals surface area contributed by atoms with Crippen molar-refractivity contribution < 1.29 is 14.7 Å². The number of carboxylic acid groups (broad SMARTS) is 1. The molecule has 0 fully saturated rings.